The van der Waals surface area contributed by atoms with Gasteiger partial charge >= 0.3 is 5.97 Å². The van der Waals surface area contributed by atoms with Gasteiger partial charge in [0.2, 0.25) is 5.75 Å². The van der Waals surface area contributed by atoms with Crippen molar-refractivity contribution in [3.63, 3.8) is 0 Å². The Hall–Kier alpha value is -3.95. The largest absolute Gasteiger partial charge is 0.493 e. The molecule has 0 unspecified atom stereocenters. The molecule has 0 aromatic heterocycles. The fourth-order valence-corrected chi connectivity index (χ4v) is 3.13. The van der Waals surface area contributed by atoms with Crippen molar-refractivity contribution in [1.82, 2.24) is 0 Å². The fourth-order valence-electron chi connectivity index (χ4n) is 3.01. The first-order valence-electron chi connectivity index (χ1n) is 9.49. The zero-order valence-corrected chi connectivity index (χ0v) is 18.5. The summed E-state index contributed by atoms with van der Waals surface area (Å²) in [5.74, 6) is 0.800. The number of hydrogen-bond donors (Lipinski definition) is 0. The van der Waals surface area contributed by atoms with Gasteiger partial charge in [0.25, 0.3) is 0 Å². The molecule has 0 saturated heterocycles. The first-order valence-corrected chi connectivity index (χ1v) is 9.86. The third-order valence-corrected chi connectivity index (χ3v) is 4.81. The van der Waals surface area contributed by atoms with Gasteiger partial charge in [-0.2, -0.15) is 5.26 Å². The van der Waals surface area contributed by atoms with E-state index in [-0.39, 0.29) is 5.56 Å². The van der Waals surface area contributed by atoms with Crippen LogP contribution < -0.4 is 18.9 Å². The molecule has 0 N–H and O–H groups in total. The van der Waals surface area contributed by atoms with E-state index in [4.69, 9.17) is 30.5 Å². The van der Waals surface area contributed by atoms with Gasteiger partial charge in [0.1, 0.15) is 5.75 Å². The van der Waals surface area contributed by atoms with Crippen molar-refractivity contribution in [2.75, 3.05) is 21.3 Å². The Kier molecular flexibility index (Phi) is 7.37. The van der Waals surface area contributed by atoms with E-state index >= 15 is 0 Å². The average Bonchev–Trinajstić information content (AvgIpc) is 2.82. The molecule has 0 amide bonds. The Bertz CT molecular complexity index is 1170. The molecule has 6 nitrogen and oxygen atoms in total. The van der Waals surface area contributed by atoms with Gasteiger partial charge in [0.05, 0.1) is 38.5 Å². The minimum absolute atomic E-state index is 0.235. The first-order chi connectivity index (χ1) is 15.5. The number of carbonyl (C=O) groups excluding carboxylic acids is 1. The van der Waals surface area contributed by atoms with Gasteiger partial charge in [-0.05, 0) is 53.6 Å². The summed E-state index contributed by atoms with van der Waals surface area (Å²) < 4.78 is 21.4. The fraction of sp³-hybridized carbons (Fsp3) is 0.120. The number of nitrogens with zero attached hydrogens (tertiary/aromatic N) is 1. The second kappa shape index (κ2) is 10.4. The third kappa shape index (κ3) is 5.20. The summed E-state index contributed by atoms with van der Waals surface area (Å²) in [6, 6.07) is 19.1. The highest BCUT2D eigenvalue weighted by Gasteiger charge is 2.18. The monoisotopic (exact) mass is 449 g/mol. The molecule has 0 aliphatic carbocycles. The molecular weight excluding hydrogens is 430 g/mol. The maximum absolute atomic E-state index is 12.7. The standard InChI is InChI=1S/C25H20ClNO5/c1-29-22-13-18(14-23(30-2)24(22)31-3)25(28)32-21-6-4-5-16(12-21)11-19(15-27)17-7-9-20(26)10-8-17/h4-14H,1-3H3/b19-11-. The molecule has 7 heteroatoms. The van der Waals surface area contributed by atoms with E-state index in [1.54, 1.807) is 48.5 Å². The van der Waals surface area contributed by atoms with Crippen molar-refractivity contribution in [2.45, 2.75) is 0 Å². The van der Waals surface area contributed by atoms with Crippen LogP contribution in [-0.2, 0) is 0 Å². The topological polar surface area (TPSA) is 77.8 Å². The molecule has 0 fully saturated rings. The molecule has 0 heterocycles. The summed E-state index contributed by atoms with van der Waals surface area (Å²) >= 11 is 5.92. The van der Waals surface area contributed by atoms with Crippen LogP contribution in [0.3, 0.4) is 0 Å². The predicted octanol–water partition coefficient (Wildman–Crippen LogP) is 5.65. The van der Waals surface area contributed by atoms with Crippen molar-refractivity contribution >= 4 is 29.2 Å². The molecule has 0 bridgehead atoms. The Morgan fingerprint density at radius 3 is 2.12 bits per heavy atom. The van der Waals surface area contributed by atoms with E-state index in [0.717, 1.165) is 5.56 Å². The normalized spacial score (nSPS) is 10.8. The summed E-state index contributed by atoms with van der Waals surface area (Å²) in [7, 11) is 4.42. The molecule has 3 aromatic carbocycles. The number of methoxy groups -OCH3 is 3. The average molecular weight is 450 g/mol. The molecule has 0 aliphatic heterocycles. The molecule has 0 aliphatic rings. The second-order valence-electron chi connectivity index (χ2n) is 6.55. The molecule has 0 saturated carbocycles. The summed E-state index contributed by atoms with van der Waals surface area (Å²) in [6.45, 7) is 0. The van der Waals surface area contributed by atoms with Crippen LogP contribution in [0.15, 0.2) is 60.7 Å². The van der Waals surface area contributed by atoms with Crippen LogP contribution in [0.4, 0.5) is 0 Å². The van der Waals surface area contributed by atoms with Gasteiger partial charge in [0.15, 0.2) is 11.5 Å². The lowest BCUT2D eigenvalue weighted by Crippen LogP contribution is -2.09. The molecule has 3 rings (SSSR count). The van der Waals surface area contributed by atoms with Crippen molar-refractivity contribution in [3.8, 4) is 29.1 Å². The van der Waals surface area contributed by atoms with Crippen molar-refractivity contribution < 1.29 is 23.7 Å². The summed E-state index contributed by atoms with van der Waals surface area (Å²) in [5, 5.41) is 10.1. The minimum Gasteiger partial charge on any atom is -0.493 e. The van der Waals surface area contributed by atoms with Crippen LogP contribution in [0.2, 0.25) is 5.02 Å². The SMILES string of the molecule is COc1cc(C(=O)Oc2cccc(/C=C(/C#N)c3ccc(Cl)cc3)c2)cc(OC)c1OC. The highest BCUT2D eigenvalue weighted by Crippen LogP contribution is 2.38. The van der Waals surface area contributed by atoms with Crippen molar-refractivity contribution in [3.05, 3.63) is 82.4 Å². The number of esters is 1. The molecule has 0 radical (unpaired) electrons. The number of allylic oxidation sites excluding steroid dienone is 1. The number of carbonyl (C=O) groups is 1. The van der Waals surface area contributed by atoms with Crippen LogP contribution in [0.5, 0.6) is 23.0 Å². The van der Waals surface area contributed by atoms with E-state index in [1.165, 1.54) is 33.5 Å². The number of hydrogen-bond acceptors (Lipinski definition) is 6. The zero-order chi connectivity index (χ0) is 23.1. The van der Waals surface area contributed by atoms with Gasteiger partial charge in [-0.3, -0.25) is 0 Å². The molecule has 162 valence electrons. The lowest BCUT2D eigenvalue weighted by atomic mass is 10.0. The van der Waals surface area contributed by atoms with Gasteiger partial charge in [-0.15, -0.1) is 0 Å². The Morgan fingerprint density at radius 1 is 0.906 bits per heavy atom. The van der Waals surface area contributed by atoms with Crippen molar-refractivity contribution in [2.24, 2.45) is 0 Å². The Balaban J connectivity index is 1.87. The number of nitriles is 1. The zero-order valence-electron chi connectivity index (χ0n) is 17.7. The molecule has 0 spiro atoms. The second-order valence-corrected chi connectivity index (χ2v) is 6.99. The predicted molar refractivity (Wildman–Crippen MR) is 122 cm³/mol. The van der Waals surface area contributed by atoms with E-state index in [1.807, 2.05) is 6.07 Å². The Labute approximate surface area is 191 Å². The molecule has 3 aromatic rings. The van der Waals surface area contributed by atoms with E-state index in [2.05, 4.69) is 6.07 Å². The molecule has 32 heavy (non-hydrogen) atoms. The molecular formula is C25H20ClNO5. The van der Waals surface area contributed by atoms with Gasteiger partial charge < -0.3 is 18.9 Å². The lowest BCUT2D eigenvalue weighted by Gasteiger charge is -2.13. The van der Waals surface area contributed by atoms with Crippen LogP contribution in [0, 0.1) is 11.3 Å². The minimum atomic E-state index is -0.594. The maximum atomic E-state index is 12.7. The van der Waals surface area contributed by atoms with Gasteiger partial charge in [-0.1, -0.05) is 35.9 Å². The van der Waals surface area contributed by atoms with E-state index in [9.17, 15) is 10.1 Å². The van der Waals surface area contributed by atoms with Gasteiger partial charge in [0, 0.05) is 5.02 Å². The number of ether oxygens (including phenoxy) is 4. The lowest BCUT2D eigenvalue weighted by molar-refractivity contribution is 0.0734. The van der Waals surface area contributed by atoms with Gasteiger partial charge in [-0.25, -0.2) is 4.79 Å². The summed E-state index contributed by atoms with van der Waals surface area (Å²) in [4.78, 5) is 12.7. The van der Waals surface area contributed by atoms with E-state index < -0.39 is 5.97 Å². The summed E-state index contributed by atoms with van der Waals surface area (Å²) in [6.07, 6.45) is 1.71. The molecule has 0 atom stereocenters. The smallest absolute Gasteiger partial charge is 0.343 e. The first kappa shape index (κ1) is 22.7. The Morgan fingerprint density at radius 2 is 1.56 bits per heavy atom. The van der Waals surface area contributed by atoms with E-state index in [0.29, 0.717) is 39.2 Å². The van der Waals surface area contributed by atoms with Crippen LogP contribution in [-0.4, -0.2) is 27.3 Å². The number of rotatable bonds is 7. The number of halogens is 1. The van der Waals surface area contributed by atoms with Crippen LogP contribution in [0.25, 0.3) is 11.6 Å². The summed E-state index contributed by atoms with van der Waals surface area (Å²) in [5.41, 5.74) is 2.12. The van der Waals surface area contributed by atoms with Crippen LogP contribution >= 0.6 is 11.6 Å². The highest BCUT2D eigenvalue weighted by molar-refractivity contribution is 6.30. The third-order valence-electron chi connectivity index (χ3n) is 4.56. The maximum Gasteiger partial charge on any atom is 0.343 e. The quantitative estimate of drug-likeness (QED) is 0.201. The van der Waals surface area contributed by atoms with Crippen molar-refractivity contribution in [1.29, 1.82) is 5.26 Å². The number of benzene rings is 3. The van der Waals surface area contributed by atoms with Crippen LogP contribution in [0.1, 0.15) is 21.5 Å². The highest BCUT2D eigenvalue weighted by atomic mass is 35.5.